The third-order valence-corrected chi connectivity index (χ3v) is 3.84. The molecule has 0 saturated heterocycles. The van der Waals surface area contributed by atoms with Gasteiger partial charge in [-0.25, -0.2) is 4.79 Å². The van der Waals surface area contributed by atoms with Crippen molar-refractivity contribution in [3.63, 3.8) is 0 Å². The quantitative estimate of drug-likeness (QED) is 0.820. The van der Waals surface area contributed by atoms with Gasteiger partial charge in [0.25, 0.3) is 0 Å². The molecule has 108 valence electrons. The summed E-state index contributed by atoms with van der Waals surface area (Å²) in [6.07, 6.45) is 3.50. The second-order valence-electron chi connectivity index (χ2n) is 4.81. The normalized spacial score (nSPS) is 10.6. The minimum Gasteiger partial charge on any atom is -0.314 e. The van der Waals surface area contributed by atoms with Gasteiger partial charge >= 0.3 is 6.03 Å². The number of urea groups is 1. The van der Waals surface area contributed by atoms with E-state index < -0.39 is 0 Å². The number of benzene rings is 2. The van der Waals surface area contributed by atoms with Crippen molar-refractivity contribution in [1.29, 1.82) is 0 Å². The molecule has 4 heteroatoms. The Labute approximate surface area is 133 Å². The van der Waals surface area contributed by atoms with Crippen molar-refractivity contribution in [1.82, 2.24) is 5.32 Å². The van der Waals surface area contributed by atoms with E-state index in [0.29, 0.717) is 0 Å². The number of anilines is 1. The summed E-state index contributed by atoms with van der Waals surface area (Å²) in [5.74, 6) is 0. The first kappa shape index (κ1) is 15.3. The van der Waals surface area contributed by atoms with E-state index in [1.165, 1.54) is 5.56 Å². The Morgan fingerprint density at radius 3 is 2.67 bits per heavy atom. The van der Waals surface area contributed by atoms with Gasteiger partial charge in [0.15, 0.2) is 0 Å². The van der Waals surface area contributed by atoms with Gasteiger partial charge < -0.3 is 10.6 Å². The van der Waals surface area contributed by atoms with Crippen LogP contribution < -0.4 is 10.6 Å². The average molecular weight is 345 g/mol. The van der Waals surface area contributed by atoms with Crippen molar-refractivity contribution < 1.29 is 4.79 Å². The molecule has 0 aliphatic carbocycles. The van der Waals surface area contributed by atoms with E-state index in [1.807, 2.05) is 62.4 Å². The standard InChI is InChI=1S/C17H17BrN2O/c1-12-4-3-5-14(10-12)8-9-19-17(21)20-15-6-7-16(18)13(2)11-15/h3-11H,1-2H3,(H2,19,20,21)/b9-8+. The zero-order valence-corrected chi connectivity index (χ0v) is 13.6. The van der Waals surface area contributed by atoms with Crippen LogP contribution in [0.5, 0.6) is 0 Å². The fraction of sp³-hybridized carbons (Fsp3) is 0.118. The molecule has 2 amide bonds. The molecule has 0 fully saturated rings. The molecule has 0 saturated carbocycles. The maximum Gasteiger partial charge on any atom is 0.323 e. The lowest BCUT2D eigenvalue weighted by Gasteiger charge is -2.06. The second kappa shape index (κ2) is 7.09. The Morgan fingerprint density at radius 1 is 1.14 bits per heavy atom. The smallest absolute Gasteiger partial charge is 0.314 e. The third kappa shape index (κ3) is 4.76. The van der Waals surface area contributed by atoms with Gasteiger partial charge in [0.1, 0.15) is 0 Å². The number of amides is 2. The number of nitrogens with one attached hydrogen (secondary N) is 2. The minimum absolute atomic E-state index is 0.263. The largest absolute Gasteiger partial charge is 0.323 e. The Morgan fingerprint density at radius 2 is 1.95 bits per heavy atom. The Kier molecular flexibility index (Phi) is 5.17. The highest BCUT2D eigenvalue weighted by atomic mass is 79.9. The summed E-state index contributed by atoms with van der Waals surface area (Å²) in [6.45, 7) is 4.01. The first-order chi connectivity index (χ1) is 10.0. The summed E-state index contributed by atoms with van der Waals surface area (Å²) in [4.78, 5) is 11.8. The minimum atomic E-state index is -0.263. The summed E-state index contributed by atoms with van der Waals surface area (Å²) in [7, 11) is 0. The van der Waals surface area contributed by atoms with E-state index in [1.54, 1.807) is 6.20 Å². The number of aryl methyl sites for hydroxylation is 2. The molecule has 0 aliphatic rings. The molecule has 2 rings (SSSR count). The summed E-state index contributed by atoms with van der Waals surface area (Å²) in [5.41, 5.74) is 4.07. The number of carbonyl (C=O) groups excluding carboxylic acids is 1. The fourth-order valence-electron chi connectivity index (χ4n) is 1.88. The van der Waals surface area contributed by atoms with E-state index in [9.17, 15) is 4.79 Å². The van der Waals surface area contributed by atoms with Crippen LogP contribution in [0.25, 0.3) is 6.08 Å². The Bertz CT molecular complexity index is 680. The highest BCUT2D eigenvalue weighted by Gasteiger charge is 2.01. The molecule has 2 N–H and O–H groups in total. The fourth-order valence-corrected chi connectivity index (χ4v) is 2.12. The van der Waals surface area contributed by atoms with Crippen LogP contribution in [-0.4, -0.2) is 6.03 Å². The predicted octanol–water partition coefficient (Wildman–Crippen LogP) is 4.86. The monoisotopic (exact) mass is 344 g/mol. The van der Waals surface area contributed by atoms with Crippen molar-refractivity contribution in [2.75, 3.05) is 5.32 Å². The molecular formula is C17H17BrN2O. The molecule has 0 radical (unpaired) electrons. The molecule has 0 aromatic heterocycles. The highest BCUT2D eigenvalue weighted by molar-refractivity contribution is 9.10. The van der Waals surface area contributed by atoms with Crippen LogP contribution in [0.3, 0.4) is 0 Å². The van der Waals surface area contributed by atoms with E-state index >= 15 is 0 Å². The predicted molar refractivity (Wildman–Crippen MR) is 91.2 cm³/mol. The van der Waals surface area contributed by atoms with Gasteiger partial charge in [-0.3, -0.25) is 0 Å². The number of halogens is 1. The first-order valence-corrected chi connectivity index (χ1v) is 7.41. The summed E-state index contributed by atoms with van der Waals surface area (Å²) < 4.78 is 1.02. The molecule has 0 aliphatic heterocycles. The molecule has 0 heterocycles. The van der Waals surface area contributed by atoms with E-state index in [0.717, 1.165) is 21.3 Å². The summed E-state index contributed by atoms with van der Waals surface area (Å²) >= 11 is 3.43. The van der Waals surface area contributed by atoms with E-state index in [4.69, 9.17) is 0 Å². The van der Waals surface area contributed by atoms with Gasteiger partial charge in [-0.15, -0.1) is 0 Å². The summed E-state index contributed by atoms with van der Waals surface area (Å²) in [6, 6.07) is 13.5. The van der Waals surface area contributed by atoms with Crippen LogP contribution in [0, 0.1) is 13.8 Å². The van der Waals surface area contributed by atoms with Gasteiger partial charge in [-0.1, -0.05) is 45.8 Å². The molecule has 0 atom stereocenters. The SMILES string of the molecule is Cc1cccc(/C=C/NC(=O)Nc2ccc(Br)c(C)c2)c1. The van der Waals surface area contributed by atoms with Crippen LogP contribution in [0.15, 0.2) is 53.1 Å². The van der Waals surface area contributed by atoms with Gasteiger partial charge in [0.2, 0.25) is 0 Å². The lowest BCUT2D eigenvalue weighted by Crippen LogP contribution is -2.23. The van der Waals surface area contributed by atoms with Gasteiger partial charge in [0, 0.05) is 16.4 Å². The van der Waals surface area contributed by atoms with Crippen molar-refractivity contribution in [3.8, 4) is 0 Å². The number of carbonyl (C=O) groups is 1. The van der Waals surface area contributed by atoms with E-state index in [-0.39, 0.29) is 6.03 Å². The van der Waals surface area contributed by atoms with Gasteiger partial charge in [0.05, 0.1) is 0 Å². The van der Waals surface area contributed by atoms with Gasteiger partial charge in [-0.05, 0) is 49.2 Å². The lowest BCUT2D eigenvalue weighted by atomic mass is 10.1. The number of hydrogen-bond donors (Lipinski definition) is 2. The maximum atomic E-state index is 11.8. The van der Waals surface area contributed by atoms with Crippen LogP contribution >= 0.6 is 15.9 Å². The van der Waals surface area contributed by atoms with Crippen LogP contribution in [-0.2, 0) is 0 Å². The van der Waals surface area contributed by atoms with Crippen LogP contribution in [0.4, 0.5) is 10.5 Å². The van der Waals surface area contributed by atoms with Gasteiger partial charge in [-0.2, -0.15) is 0 Å². The Balaban J connectivity index is 1.91. The Hall–Kier alpha value is -2.07. The molecule has 21 heavy (non-hydrogen) atoms. The second-order valence-corrected chi connectivity index (χ2v) is 5.66. The molecule has 2 aromatic rings. The first-order valence-electron chi connectivity index (χ1n) is 6.61. The molecule has 2 aromatic carbocycles. The molecular weight excluding hydrogens is 328 g/mol. The number of hydrogen-bond acceptors (Lipinski definition) is 1. The molecule has 3 nitrogen and oxygen atoms in total. The van der Waals surface area contributed by atoms with Crippen LogP contribution in [0.2, 0.25) is 0 Å². The topological polar surface area (TPSA) is 41.1 Å². The number of rotatable bonds is 3. The summed E-state index contributed by atoms with van der Waals surface area (Å²) in [5, 5.41) is 5.48. The highest BCUT2D eigenvalue weighted by Crippen LogP contribution is 2.19. The third-order valence-electron chi connectivity index (χ3n) is 2.95. The zero-order chi connectivity index (χ0) is 15.2. The molecule has 0 bridgehead atoms. The zero-order valence-electron chi connectivity index (χ0n) is 12.0. The van der Waals surface area contributed by atoms with Crippen molar-refractivity contribution in [2.24, 2.45) is 0 Å². The van der Waals surface area contributed by atoms with Crippen LogP contribution in [0.1, 0.15) is 16.7 Å². The van der Waals surface area contributed by atoms with Crippen molar-refractivity contribution in [3.05, 3.63) is 69.8 Å². The molecule has 0 unspecified atom stereocenters. The van der Waals surface area contributed by atoms with Crippen molar-refractivity contribution >= 4 is 33.7 Å². The lowest BCUT2D eigenvalue weighted by molar-refractivity contribution is 0.255. The van der Waals surface area contributed by atoms with Crippen molar-refractivity contribution in [2.45, 2.75) is 13.8 Å². The van der Waals surface area contributed by atoms with E-state index in [2.05, 4.69) is 26.6 Å². The molecule has 0 spiro atoms. The maximum absolute atomic E-state index is 11.8. The average Bonchev–Trinajstić information content (AvgIpc) is 2.43.